The van der Waals surface area contributed by atoms with Crippen molar-refractivity contribution in [3.8, 4) is 0 Å². The summed E-state index contributed by atoms with van der Waals surface area (Å²) in [5, 5.41) is 0.993. The molecule has 0 saturated carbocycles. The number of hydrogen-bond acceptors (Lipinski definition) is 11. The summed E-state index contributed by atoms with van der Waals surface area (Å²) < 4.78 is 508. The van der Waals surface area contributed by atoms with Crippen LogP contribution >= 0.6 is 21.8 Å². The number of benzene rings is 5. The first-order valence-corrected chi connectivity index (χ1v) is 28.4. The van der Waals surface area contributed by atoms with Crippen molar-refractivity contribution >= 4 is 48.4 Å². The third-order valence-electron chi connectivity index (χ3n) is 11.2. The fourth-order valence-electron chi connectivity index (χ4n) is 7.38. The fourth-order valence-corrected chi connectivity index (χ4v) is 21.7. The molecular weight excluding hydrogens is 1440 g/mol. The van der Waals surface area contributed by atoms with Gasteiger partial charge in [0, 0.05) is 26.5 Å². The molecule has 11 nitrogen and oxygen atoms in total. The first kappa shape index (κ1) is 76.2. The third kappa shape index (κ3) is 17.6. The molecule has 47 heteroatoms. The topological polar surface area (TPSA) is 122 Å². The van der Waals surface area contributed by atoms with Crippen LogP contribution in [0.25, 0.3) is 0 Å². The Balaban J connectivity index is 1.65. The third-order valence-corrected chi connectivity index (χ3v) is 22.7. The summed E-state index contributed by atoms with van der Waals surface area (Å²) in [5.41, 5.74) is -9.93. The van der Waals surface area contributed by atoms with Crippen LogP contribution in [-0.4, -0.2) is 73.9 Å². The monoisotopic (exact) mass is 1470 g/mol. The average molecular weight is 1470 g/mol. The average Bonchev–Trinajstić information content (AvgIpc) is 0.696. The molecule has 518 valence electrons. The highest BCUT2D eigenvalue weighted by Gasteiger charge is 2.75. The molecule has 1 aliphatic rings. The van der Waals surface area contributed by atoms with Gasteiger partial charge in [-0.2, -0.15) is 119 Å². The largest absolute Gasteiger partial charge is 0.498 e. The zero-order valence-corrected chi connectivity index (χ0v) is 46.1. The summed E-state index contributed by atoms with van der Waals surface area (Å²) in [5.74, 6) is 0. The van der Waals surface area contributed by atoms with Crippen LogP contribution < -0.4 is 26.5 Å². The molecule has 0 aromatic heterocycles. The van der Waals surface area contributed by atoms with Gasteiger partial charge in [-0.15, -0.1) is 26.3 Å². The summed E-state index contributed by atoms with van der Waals surface area (Å²) in [4.78, 5) is 0. The van der Waals surface area contributed by atoms with Gasteiger partial charge in [-0.05, 0) is 66.7 Å². The number of nitrogens with zero attached hydrogens (tertiary/aromatic N) is 3. The molecule has 0 saturated heterocycles. The van der Waals surface area contributed by atoms with Gasteiger partial charge in [0.1, 0.15) is 27.6 Å². The van der Waals surface area contributed by atoms with Crippen LogP contribution in [0.15, 0.2) is 135 Å². The molecule has 0 amide bonds. The summed E-state index contributed by atoms with van der Waals surface area (Å²) in [6.07, 6.45) is -94.2. The van der Waals surface area contributed by atoms with E-state index in [0.717, 1.165) is 0 Å². The van der Waals surface area contributed by atoms with Crippen molar-refractivity contribution in [1.29, 1.82) is 0 Å². The molecule has 0 spiro atoms. The Morgan fingerprint density at radius 3 is 0.882 bits per heavy atom. The van der Waals surface area contributed by atoms with E-state index < -0.39 is 176 Å². The lowest BCUT2D eigenvalue weighted by Gasteiger charge is -2.38. The number of ether oxygens (including phenoxy) is 6. The van der Waals surface area contributed by atoms with Gasteiger partial charge in [0.2, 0.25) is 7.43 Å². The minimum atomic E-state index is -8.09. The van der Waals surface area contributed by atoms with Crippen molar-refractivity contribution in [1.82, 2.24) is 0 Å². The Morgan fingerprint density at radius 1 is 0.290 bits per heavy atom. The molecule has 93 heavy (non-hydrogen) atoms. The molecule has 1 atom stereocenters. The summed E-state index contributed by atoms with van der Waals surface area (Å²) in [6.45, 7) is -6.49. The van der Waals surface area contributed by atoms with Crippen molar-refractivity contribution in [3.05, 3.63) is 149 Å². The predicted molar refractivity (Wildman–Crippen MR) is 248 cm³/mol. The van der Waals surface area contributed by atoms with Crippen LogP contribution in [0.2, 0.25) is 0 Å². The van der Waals surface area contributed by atoms with Crippen molar-refractivity contribution < 1.29 is 183 Å². The maximum absolute atomic E-state index is 16.2. The van der Waals surface area contributed by atoms with Crippen molar-refractivity contribution in [2.75, 3.05) is 13.2 Å². The Bertz CT molecular complexity index is 3480. The molecule has 0 bridgehead atoms. The molecule has 1 aliphatic heterocycles. The van der Waals surface area contributed by atoms with Gasteiger partial charge in [0.05, 0.1) is 27.8 Å². The minimum absolute atomic E-state index is 0.0335. The first-order chi connectivity index (χ1) is 41.7. The quantitative estimate of drug-likeness (QED) is 0.0390. The van der Waals surface area contributed by atoms with Crippen molar-refractivity contribution in [2.45, 2.75) is 86.4 Å². The summed E-state index contributed by atoms with van der Waals surface area (Å²) in [7, 11) is -18.8. The van der Waals surface area contributed by atoms with Crippen LogP contribution in [0.5, 0.6) is 0 Å². The number of aliphatic hydroxyl groups is 1. The highest BCUT2D eigenvalue weighted by atomic mass is 31.3. The van der Waals surface area contributed by atoms with E-state index in [9.17, 15) is 127 Å². The van der Waals surface area contributed by atoms with E-state index >= 15 is 17.6 Å². The molecule has 0 fully saturated rings. The predicted octanol–water partition coefficient (Wildman–Crippen LogP) is 17.3. The first-order valence-electron chi connectivity index (χ1n) is 23.4. The van der Waals surface area contributed by atoms with E-state index in [1.54, 1.807) is 14.2 Å². The number of aliphatic hydroxyl groups excluding tert-OH is 1. The molecular formula is C46H25F33N3O8P3. The second-order valence-corrected chi connectivity index (χ2v) is 26.5. The Hall–Kier alpha value is -5.84. The van der Waals surface area contributed by atoms with E-state index in [-0.39, 0.29) is 72.8 Å². The van der Waals surface area contributed by atoms with Gasteiger partial charge in [-0.25, -0.2) is 42.0 Å². The SMILES string of the molecule is OCC(F)(F)OC(F)(F)OC(F)(F)OC(F)(F)OC(F)(F)C(F)(F)OC(F)(F)C(F)(F)OC(F)(F)COP1(c2cccc(C(F)(F)F)c2)=NP(c2cccc(C(F)(F)F)c2)(c2cccc(C(F)(F)F)c2)=NP(c2cccc(C(F)(F)F)c2)(c2cccc(C(F)(F)F)c2)=N1. The van der Waals surface area contributed by atoms with Gasteiger partial charge in [-0.3, -0.25) is 0 Å². The molecule has 5 aromatic carbocycles. The van der Waals surface area contributed by atoms with Gasteiger partial charge in [-0.1, -0.05) is 54.6 Å². The summed E-state index contributed by atoms with van der Waals surface area (Å²) in [6, 6.07) is 3.11. The standard InChI is InChI=1S/C46H25F33N3O8P3/c47-33(48,21-83)86-44(74,75)89-46(78,79)90-45(76,77)88-43(72,73)42(70,71)87-41(68,69)40(66,67)85-34(49,50)22-84-93(32-15-5-10-27(20-32)39(63,64)65)81-91(28-11-1-6-23(16-28)35(51,52)53,29-12-2-7-24(17-29)36(54,55)56)80-92(82-93,30-13-3-8-25(18-30)37(57,58)59)31-14-4-9-26(19-31)38(60,61)62/h1-20,83H,21-22H2. The highest BCUT2D eigenvalue weighted by molar-refractivity contribution is 7.97. The van der Waals surface area contributed by atoms with Crippen LogP contribution in [0.3, 0.4) is 0 Å². The minimum Gasteiger partial charge on any atom is -0.387 e. The van der Waals surface area contributed by atoms with Gasteiger partial charge < -0.3 is 9.63 Å². The number of rotatable bonds is 23. The Labute approximate surface area is 493 Å². The van der Waals surface area contributed by atoms with Crippen LogP contribution in [0.4, 0.5) is 145 Å². The zero-order valence-electron chi connectivity index (χ0n) is 43.4. The number of hydrogen-bond donors (Lipinski definition) is 1. The normalized spacial score (nSPS) is 17.8. The second-order valence-electron chi connectivity index (χ2n) is 18.0. The Kier molecular flexibility index (Phi) is 20.5. The highest BCUT2D eigenvalue weighted by Crippen LogP contribution is 2.77. The Morgan fingerprint density at radius 2 is 0.559 bits per heavy atom. The molecule has 0 aliphatic carbocycles. The summed E-state index contributed by atoms with van der Waals surface area (Å²) >= 11 is 0. The maximum atomic E-state index is 16.2. The molecule has 1 unspecified atom stereocenters. The lowest BCUT2D eigenvalue weighted by molar-refractivity contribution is -0.621. The second kappa shape index (κ2) is 25.0. The molecule has 1 N–H and O–H groups in total. The van der Waals surface area contributed by atoms with Crippen LogP contribution in [0.1, 0.15) is 27.8 Å². The molecule has 6 rings (SSSR count). The van der Waals surface area contributed by atoms with Crippen molar-refractivity contribution in [2.24, 2.45) is 13.5 Å². The maximum Gasteiger partial charge on any atom is 0.498 e. The van der Waals surface area contributed by atoms with E-state index in [2.05, 4.69) is 23.0 Å². The van der Waals surface area contributed by atoms with Crippen LogP contribution in [0, 0.1) is 0 Å². The van der Waals surface area contributed by atoms with E-state index in [1.807, 2.05) is 4.74 Å². The van der Waals surface area contributed by atoms with Gasteiger partial charge >= 0.3 is 86.4 Å². The van der Waals surface area contributed by atoms with E-state index in [0.29, 0.717) is 48.5 Å². The molecule has 0 radical (unpaired) electrons. The lowest BCUT2D eigenvalue weighted by atomic mass is 10.2. The van der Waals surface area contributed by atoms with E-state index in [1.165, 1.54) is 0 Å². The smallest absolute Gasteiger partial charge is 0.387 e. The van der Waals surface area contributed by atoms with Crippen LogP contribution in [-0.2, 0) is 63.8 Å². The van der Waals surface area contributed by atoms with Crippen molar-refractivity contribution in [3.63, 3.8) is 0 Å². The van der Waals surface area contributed by atoms with Gasteiger partial charge in [0.15, 0.2) is 0 Å². The fraction of sp³-hybridized carbons (Fsp3) is 0.348. The number of alkyl halides is 33. The van der Waals surface area contributed by atoms with E-state index in [4.69, 9.17) is 9.63 Å². The molecule has 1 heterocycles. The van der Waals surface area contributed by atoms with Gasteiger partial charge in [0.25, 0.3) is 0 Å². The molecule has 5 aromatic rings. The lowest BCUT2D eigenvalue weighted by Crippen LogP contribution is -2.58. The number of halogens is 33. The zero-order chi connectivity index (χ0) is 70.9.